The fourth-order valence-corrected chi connectivity index (χ4v) is 10.6. The molecular formula is C76H136O6. The van der Waals surface area contributed by atoms with Crippen LogP contribution in [-0.2, 0) is 28.6 Å². The molecule has 1 unspecified atom stereocenters. The van der Waals surface area contributed by atoms with Crippen LogP contribution < -0.4 is 0 Å². The van der Waals surface area contributed by atoms with E-state index in [9.17, 15) is 14.4 Å². The molecule has 476 valence electrons. The first kappa shape index (κ1) is 78.8. The number of carbonyl (C=O) groups excluding carboxylic acids is 3. The van der Waals surface area contributed by atoms with Gasteiger partial charge in [-0.1, -0.05) is 344 Å². The highest BCUT2D eigenvalue weighted by Crippen LogP contribution is 2.18. The number of rotatable bonds is 66. The molecule has 0 heterocycles. The molecular weight excluding hydrogens is 1010 g/mol. The Morgan fingerprint density at radius 3 is 0.780 bits per heavy atom. The van der Waals surface area contributed by atoms with Gasteiger partial charge in [0.1, 0.15) is 13.2 Å². The molecule has 0 aromatic heterocycles. The molecule has 0 aliphatic heterocycles. The second-order valence-corrected chi connectivity index (χ2v) is 24.1. The van der Waals surface area contributed by atoms with Crippen LogP contribution >= 0.6 is 0 Å². The van der Waals surface area contributed by atoms with Gasteiger partial charge in [0, 0.05) is 19.3 Å². The topological polar surface area (TPSA) is 78.9 Å². The summed E-state index contributed by atoms with van der Waals surface area (Å²) in [6, 6.07) is 0. The molecule has 0 radical (unpaired) electrons. The Labute approximate surface area is 510 Å². The summed E-state index contributed by atoms with van der Waals surface area (Å²) in [5.41, 5.74) is 0. The van der Waals surface area contributed by atoms with Gasteiger partial charge in [0.2, 0.25) is 0 Å². The Morgan fingerprint density at radius 2 is 0.488 bits per heavy atom. The maximum atomic E-state index is 13.0. The fourth-order valence-electron chi connectivity index (χ4n) is 10.6. The highest BCUT2D eigenvalue weighted by Gasteiger charge is 2.19. The minimum atomic E-state index is -0.780. The molecule has 0 amide bonds. The van der Waals surface area contributed by atoms with Gasteiger partial charge in [-0.05, 0) is 83.5 Å². The molecule has 0 saturated heterocycles. The lowest BCUT2D eigenvalue weighted by Gasteiger charge is -2.18. The summed E-state index contributed by atoms with van der Waals surface area (Å²) in [5, 5.41) is 0. The summed E-state index contributed by atoms with van der Waals surface area (Å²) in [6.45, 7) is 6.54. The first-order valence-electron chi connectivity index (χ1n) is 35.9. The van der Waals surface area contributed by atoms with E-state index in [1.807, 2.05) is 0 Å². The number of hydrogen-bond acceptors (Lipinski definition) is 6. The van der Waals surface area contributed by atoms with E-state index in [2.05, 4.69) is 93.7 Å². The van der Waals surface area contributed by atoms with Gasteiger partial charge in [0.15, 0.2) is 6.10 Å². The van der Waals surface area contributed by atoms with E-state index >= 15 is 0 Å². The molecule has 0 bridgehead atoms. The minimum Gasteiger partial charge on any atom is -0.462 e. The molecule has 0 aromatic carbocycles. The number of esters is 3. The number of hydrogen-bond donors (Lipinski definition) is 0. The van der Waals surface area contributed by atoms with Gasteiger partial charge in [-0.2, -0.15) is 0 Å². The number of ether oxygens (including phenoxy) is 3. The Morgan fingerprint density at radius 1 is 0.256 bits per heavy atom. The summed E-state index contributed by atoms with van der Waals surface area (Å²) in [5.74, 6) is -0.865. The van der Waals surface area contributed by atoms with Crippen LogP contribution in [0, 0.1) is 0 Å². The van der Waals surface area contributed by atoms with Crippen LogP contribution in [0.4, 0.5) is 0 Å². The smallest absolute Gasteiger partial charge is 0.306 e. The summed E-state index contributed by atoms with van der Waals surface area (Å²) in [6.07, 6.45) is 92.2. The van der Waals surface area contributed by atoms with Gasteiger partial charge in [-0.25, -0.2) is 0 Å². The fraction of sp³-hybridized carbons (Fsp3) is 0.803. The molecule has 0 saturated carbocycles. The van der Waals surface area contributed by atoms with Crippen LogP contribution in [0.25, 0.3) is 0 Å². The van der Waals surface area contributed by atoms with Crippen molar-refractivity contribution in [3.05, 3.63) is 72.9 Å². The van der Waals surface area contributed by atoms with Crippen molar-refractivity contribution >= 4 is 17.9 Å². The highest BCUT2D eigenvalue weighted by atomic mass is 16.6. The van der Waals surface area contributed by atoms with E-state index in [0.29, 0.717) is 19.3 Å². The zero-order valence-corrected chi connectivity index (χ0v) is 54.8. The molecule has 0 aromatic rings. The Hall–Kier alpha value is -3.15. The van der Waals surface area contributed by atoms with Gasteiger partial charge < -0.3 is 14.2 Å². The standard InChI is InChI=1S/C76H136O6/c1-4-7-10-13-16-19-22-25-28-30-32-34-35-36-37-38-39-40-41-43-44-46-48-51-54-57-60-63-66-69-75(78)81-72-73(71-80-74(77)68-65-62-59-56-53-50-27-24-21-18-15-12-9-6-3)82-76(79)70-67-64-61-58-55-52-49-47-45-42-33-31-29-26-23-20-17-14-11-8-5-2/h7,10,15-16,18-19,24-25,27-28,32,34,73H,4-6,8-9,11-14,17,20-23,26,29-31,33,35-72H2,1-3H3/b10-7-,18-15-,19-16-,27-24-,28-25-,34-32-. The third kappa shape index (κ3) is 67.6. The van der Waals surface area contributed by atoms with Crippen LogP contribution in [0.5, 0.6) is 0 Å². The van der Waals surface area contributed by atoms with Crippen LogP contribution in [-0.4, -0.2) is 37.2 Å². The Bertz CT molecular complexity index is 1500. The van der Waals surface area contributed by atoms with Crippen molar-refractivity contribution in [2.75, 3.05) is 13.2 Å². The molecule has 6 heteroatoms. The zero-order chi connectivity index (χ0) is 59.2. The van der Waals surface area contributed by atoms with Crippen molar-refractivity contribution in [2.24, 2.45) is 0 Å². The van der Waals surface area contributed by atoms with Gasteiger partial charge in [0.05, 0.1) is 0 Å². The first-order chi connectivity index (χ1) is 40.5. The summed E-state index contributed by atoms with van der Waals surface area (Å²) in [7, 11) is 0. The van der Waals surface area contributed by atoms with Gasteiger partial charge in [0.25, 0.3) is 0 Å². The zero-order valence-electron chi connectivity index (χ0n) is 54.8. The van der Waals surface area contributed by atoms with E-state index in [1.165, 1.54) is 231 Å². The molecule has 0 aliphatic carbocycles. The SMILES string of the molecule is CC/C=C\C/C=C\C/C=C\C/C=C\CCCCCCCCCCCCCCCCCCC(=O)OCC(COC(=O)CCCCCCC/C=C\C/C=C\CCCC)OC(=O)CCCCCCCCCCCCCCCCCCCCCCC. The lowest BCUT2D eigenvalue weighted by molar-refractivity contribution is -0.167. The van der Waals surface area contributed by atoms with E-state index in [1.54, 1.807) is 0 Å². The molecule has 0 spiro atoms. The van der Waals surface area contributed by atoms with Gasteiger partial charge >= 0.3 is 17.9 Å². The molecule has 0 fully saturated rings. The Balaban J connectivity index is 4.23. The summed E-state index contributed by atoms with van der Waals surface area (Å²) in [4.78, 5) is 38.5. The lowest BCUT2D eigenvalue weighted by Crippen LogP contribution is -2.30. The average Bonchev–Trinajstić information content (AvgIpc) is 3.47. The van der Waals surface area contributed by atoms with Crippen molar-refractivity contribution in [3.63, 3.8) is 0 Å². The average molecular weight is 1150 g/mol. The normalized spacial score (nSPS) is 12.5. The molecule has 82 heavy (non-hydrogen) atoms. The second kappa shape index (κ2) is 70.3. The third-order valence-corrected chi connectivity index (χ3v) is 15.9. The van der Waals surface area contributed by atoms with Crippen molar-refractivity contribution in [1.29, 1.82) is 0 Å². The van der Waals surface area contributed by atoms with Crippen molar-refractivity contribution < 1.29 is 28.6 Å². The van der Waals surface area contributed by atoms with Gasteiger partial charge in [-0.15, -0.1) is 0 Å². The maximum Gasteiger partial charge on any atom is 0.306 e. The molecule has 0 aliphatic rings. The van der Waals surface area contributed by atoms with Crippen LogP contribution in [0.1, 0.15) is 374 Å². The number of allylic oxidation sites excluding steroid dienone is 12. The Kier molecular flexibility index (Phi) is 67.6. The molecule has 1 atom stereocenters. The second-order valence-electron chi connectivity index (χ2n) is 24.1. The monoisotopic (exact) mass is 1150 g/mol. The largest absolute Gasteiger partial charge is 0.462 e. The summed E-state index contributed by atoms with van der Waals surface area (Å²) < 4.78 is 17.0. The third-order valence-electron chi connectivity index (χ3n) is 15.9. The quantitative estimate of drug-likeness (QED) is 0.0261. The maximum absolute atomic E-state index is 13.0. The van der Waals surface area contributed by atoms with E-state index < -0.39 is 6.10 Å². The molecule has 0 rings (SSSR count). The van der Waals surface area contributed by atoms with Gasteiger partial charge in [-0.3, -0.25) is 14.4 Å². The van der Waals surface area contributed by atoms with Crippen molar-refractivity contribution in [1.82, 2.24) is 0 Å². The molecule has 0 N–H and O–H groups in total. The predicted octanol–water partition coefficient (Wildman–Crippen LogP) is 24.8. The highest BCUT2D eigenvalue weighted by molar-refractivity contribution is 5.71. The van der Waals surface area contributed by atoms with E-state index in [0.717, 1.165) is 103 Å². The number of unbranched alkanes of at least 4 members (excludes halogenated alkanes) is 43. The van der Waals surface area contributed by atoms with Crippen molar-refractivity contribution in [3.8, 4) is 0 Å². The van der Waals surface area contributed by atoms with Crippen LogP contribution in [0.15, 0.2) is 72.9 Å². The minimum absolute atomic E-state index is 0.0749. The number of carbonyl (C=O) groups is 3. The van der Waals surface area contributed by atoms with E-state index in [-0.39, 0.29) is 31.1 Å². The van der Waals surface area contributed by atoms with Crippen LogP contribution in [0.2, 0.25) is 0 Å². The van der Waals surface area contributed by atoms with Crippen LogP contribution in [0.3, 0.4) is 0 Å². The summed E-state index contributed by atoms with van der Waals surface area (Å²) >= 11 is 0. The molecule has 6 nitrogen and oxygen atoms in total. The first-order valence-corrected chi connectivity index (χ1v) is 35.9. The lowest BCUT2D eigenvalue weighted by atomic mass is 10.0. The van der Waals surface area contributed by atoms with E-state index in [4.69, 9.17) is 14.2 Å². The van der Waals surface area contributed by atoms with Crippen molar-refractivity contribution in [2.45, 2.75) is 380 Å². The predicted molar refractivity (Wildman–Crippen MR) is 358 cm³/mol.